The van der Waals surface area contributed by atoms with Gasteiger partial charge < -0.3 is 9.52 Å². The smallest absolute Gasteiger partial charge is 0.220 e. The average molecular weight is 269 g/mol. The number of aromatic nitrogens is 1. The first-order valence-corrected chi connectivity index (χ1v) is 6.18. The molecule has 1 aromatic heterocycles. The van der Waals surface area contributed by atoms with E-state index in [9.17, 15) is 4.39 Å². The molecule has 1 heterocycles. The normalized spacial score (nSPS) is 11.5. The van der Waals surface area contributed by atoms with Crippen molar-refractivity contribution in [2.24, 2.45) is 0 Å². The molecule has 3 rings (SSSR count). The molecule has 0 radical (unpaired) electrons. The van der Waals surface area contributed by atoms with E-state index < -0.39 is 0 Å². The van der Waals surface area contributed by atoms with E-state index in [2.05, 4.69) is 4.98 Å². The van der Waals surface area contributed by atoms with E-state index in [0.717, 1.165) is 11.1 Å². The molecule has 3 nitrogen and oxygen atoms in total. The number of halogens is 1. The fourth-order valence-corrected chi connectivity index (χ4v) is 1.90. The highest BCUT2D eigenvalue weighted by Gasteiger charge is 2.03. The summed E-state index contributed by atoms with van der Waals surface area (Å²) < 4.78 is 18.3. The van der Waals surface area contributed by atoms with E-state index in [-0.39, 0.29) is 12.4 Å². The van der Waals surface area contributed by atoms with Crippen LogP contribution in [0.15, 0.2) is 46.9 Å². The van der Waals surface area contributed by atoms with Crippen LogP contribution >= 0.6 is 0 Å². The molecule has 0 aliphatic carbocycles. The molecule has 0 bridgehead atoms. The highest BCUT2D eigenvalue weighted by Crippen LogP contribution is 2.19. The van der Waals surface area contributed by atoms with Crippen LogP contribution in [0.2, 0.25) is 0 Å². The molecule has 0 aliphatic heterocycles. The van der Waals surface area contributed by atoms with Crippen molar-refractivity contribution in [2.45, 2.75) is 6.61 Å². The zero-order valence-electron chi connectivity index (χ0n) is 10.6. The Morgan fingerprint density at radius 1 is 1.10 bits per heavy atom. The summed E-state index contributed by atoms with van der Waals surface area (Å²) in [6.45, 7) is -0.0243. The zero-order valence-corrected chi connectivity index (χ0v) is 10.6. The first-order valence-electron chi connectivity index (χ1n) is 6.18. The molecule has 0 atom stereocenters. The Labute approximate surface area is 115 Å². The molecule has 0 spiro atoms. The maximum absolute atomic E-state index is 12.8. The third-order valence-electron chi connectivity index (χ3n) is 2.94. The van der Waals surface area contributed by atoms with E-state index in [1.54, 1.807) is 42.5 Å². The van der Waals surface area contributed by atoms with Gasteiger partial charge in [-0.15, -0.1) is 0 Å². The molecule has 4 heteroatoms. The Bertz CT molecular complexity index is 760. The summed E-state index contributed by atoms with van der Waals surface area (Å²) in [5, 5.41) is 9.08. The Hall–Kier alpha value is -2.46. The summed E-state index contributed by atoms with van der Waals surface area (Å²) >= 11 is 0. The zero-order chi connectivity index (χ0) is 13.9. The van der Waals surface area contributed by atoms with Gasteiger partial charge in [0.1, 0.15) is 11.3 Å². The van der Waals surface area contributed by atoms with Crippen LogP contribution in [0.3, 0.4) is 0 Å². The molecule has 0 amide bonds. The molecular weight excluding hydrogens is 257 g/mol. The monoisotopic (exact) mass is 269 g/mol. The Kier molecular flexibility index (Phi) is 3.31. The summed E-state index contributed by atoms with van der Waals surface area (Å²) in [5.41, 5.74) is 3.03. The summed E-state index contributed by atoms with van der Waals surface area (Å²) in [6, 6.07) is 11.5. The lowest BCUT2D eigenvalue weighted by Gasteiger charge is -1.92. The minimum Gasteiger partial charge on any atom is -0.437 e. The lowest BCUT2D eigenvalue weighted by molar-refractivity contribution is 0.282. The van der Waals surface area contributed by atoms with Crippen LogP contribution in [-0.4, -0.2) is 10.1 Å². The molecule has 0 unspecified atom stereocenters. The predicted molar refractivity (Wildman–Crippen MR) is 75.3 cm³/mol. The summed E-state index contributed by atoms with van der Waals surface area (Å²) in [4.78, 5) is 4.32. The quantitative estimate of drug-likeness (QED) is 0.789. The standard InChI is InChI=1S/C16H12FNO2/c17-13-5-1-11(2-6-13)4-8-16-18-14-9-12(10-19)3-7-15(14)20-16/h1-9,19H,10H2/b8-4+. The van der Waals surface area contributed by atoms with Gasteiger partial charge in [-0.1, -0.05) is 18.2 Å². The minimum absolute atomic E-state index is 0.0243. The second-order valence-electron chi connectivity index (χ2n) is 4.40. The SMILES string of the molecule is OCc1ccc2oc(/C=C/c3ccc(F)cc3)nc2c1. The van der Waals surface area contributed by atoms with Gasteiger partial charge in [-0.05, 0) is 41.5 Å². The van der Waals surface area contributed by atoms with Gasteiger partial charge >= 0.3 is 0 Å². The van der Waals surface area contributed by atoms with E-state index >= 15 is 0 Å². The molecule has 3 aromatic rings. The van der Waals surface area contributed by atoms with Gasteiger partial charge in [0, 0.05) is 6.08 Å². The van der Waals surface area contributed by atoms with Crippen LogP contribution < -0.4 is 0 Å². The van der Waals surface area contributed by atoms with E-state index in [0.29, 0.717) is 17.0 Å². The van der Waals surface area contributed by atoms with Gasteiger partial charge in [0.2, 0.25) is 5.89 Å². The van der Waals surface area contributed by atoms with Crippen molar-refractivity contribution in [3.63, 3.8) is 0 Å². The second-order valence-corrected chi connectivity index (χ2v) is 4.40. The molecule has 0 aliphatic rings. The van der Waals surface area contributed by atoms with Gasteiger partial charge in [-0.25, -0.2) is 9.37 Å². The van der Waals surface area contributed by atoms with Gasteiger partial charge in [0.25, 0.3) is 0 Å². The molecule has 0 saturated carbocycles. The number of rotatable bonds is 3. The minimum atomic E-state index is -0.263. The highest BCUT2D eigenvalue weighted by molar-refractivity contribution is 5.76. The number of fused-ring (bicyclic) bond motifs is 1. The van der Waals surface area contributed by atoms with Crippen LogP contribution in [0.1, 0.15) is 17.0 Å². The third-order valence-corrected chi connectivity index (χ3v) is 2.94. The molecule has 0 saturated heterocycles. The van der Waals surface area contributed by atoms with Gasteiger partial charge in [0.15, 0.2) is 5.58 Å². The summed E-state index contributed by atoms with van der Waals surface area (Å²) in [6.07, 6.45) is 3.53. The van der Waals surface area contributed by atoms with Crippen molar-refractivity contribution in [3.8, 4) is 0 Å². The van der Waals surface area contributed by atoms with Crippen molar-refractivity contribution >= 4 is 23.3 Å². The number of hydrogen-bond acceptors (Lipinski definition) is 3. The van der Waals surface area contributed by atoms with E-state index in [1.165, 1.54) is 12.1 Å². The number of aliphatic hydroxyl groups is 1. The van der Waals surface area contributed by atoms with Crippen LogP contribution in [-0.2, 0) is 6.61 Å². The highest BCUT2D eigenvalue weighted by atomic mass is 19.1. The number of hydrogen-bond donors (Lipinski definition) is 1. The van der Waals surface area contributed by atoms with Crippen molar-refractivity contribution in [1.82, 2.24) is 4.98 Å². The third kappa shape index (κ3) is 2.60. The lowest BCUT2D eigenvalue weighted by atomic mass is 10.2. The summed E-state index contributed by atoms with van der Waals surface area (Å²) in [5.74, 6) is 0.208. The second kappa shape index (κ2) is 5.27. The topological polar surface area (TPSA) is 46.3 Å². The number of aliphatic hydroxyl groups excluding tert-OH is 1. The fraction of sp³-hybridized carbons (Fsp3) is 0.0625. The fourth-order valence-electron chi connectivity index (χ4n) is 1.90. The van der Waals surface area contributed by atoms with Crippen molar-refractivity contribution in [3.05, 3.63) is 65.3 Å². The Balaban J connectivity index is 1.88. The first-order chi connectivity index (χ1) is 9.74. The summed E-state index contributed by atoms with van der Waals surface area (Å²) in [7, 11) is 0. The van der Waals surface area contributed by atoms with Gasteiger partial charge in [-0.2, -0.15) is 0 Å². The van der Waals surface area contributed by atoms with Crippen LogP contribution in [0.4, 0.5) is 4.39 Å². The lowest BCUT2D eigenvalue weighted by Crippen LogP contribution is -1.81. The first kappa shape index (κ1) is 12.6. The van der Waals surface area contributed by atoms with Crippen molar-refractivity contribution < 1.29 is 13.9 Å². The molecule has 1 N–H and O–H groups in total. The van der Waals surface area contributed by atoms with E-state index in [4.69, 9.17) is 9.52 Å². The van der Waals surface area contributed by atoms with Crippen LogP contribution in [0, 0.1) is 5.82 Å². The van der Waals surface area contributed by atoms with Crippen molar-refractivity contribution in [2.75, 3.05) is 0 Å². The maximum atomic E-state index is 12.8. The molecule has 2 aromatic carbocycles. The Morgan fingerprint density at radius 2 is 1.90 bits per heavy atom. The Morgan fingerprint density at radius 3 is 2.65 bits per heavy atom. The van der Waals surface area contributed by atoms with Crippen LogP contribution in [0.25, 0.3) is 23.3 Å². The maximum Gasteiger partial charge on any atom is 0.220 e. The molecular formula is C16H12FNO2. The number of nitrogens with zero attached hydrogens (tertiary/aromatic N) is 1. The average Bonchev–Trinajstić information content (AvgIpc) is 2.88. The van der Waals surface area contributed by atoms with Crippen LogP contribution in [0.5, 0.6) is 0 Å². The van der Waals surface area contributed by atoms with E-state index in [1.807, 2.05) is 0 Å². The molecule has 0 fully saturated rings. The molecule has 100 valence electrons. The molecule has 20 heavy (non-hydrogen) atoms. The predicted octanol–water partition coefficient (Wildman–Crippen LogP) is 3.63. The number of oxazole rings is 1. The van der Waals surface area contributed by atoms with Crippen molar-refractivity contribution in [1.29, 1.82) is 0 Å². The largest absolute Gasteiger partial charge is 0.437 e. The number of benzene rings is 2. The van der Waals surface area contributed by atoms with Gasteiger partial charge in [0.05, 0.1) is 6.61 Å². The van der Waals surface area contributed by atoms with Gasteiger partial charge in [-0.3, -0.25) is 0 Å².